The van der Waals surface area contributed by atoms with E-state index in [1.807, 2.05) is 13.8 Å². The molecule has 0 saturated carbocycles. The van der Waals surface area contributed by atoms with E-state index in [4.69, 9.17) is 5.84 Å². The number of benzene rings is 1. The van der Waals surface area contributed by atoms with Crippen LogP contribution in [-0.4, -0.2) is 6.21 Å². The van der Waals surface area contributed by atoms with Crippen LogP contribution in [0.25, 0.3) is 0 Å². The SMILES string of the molecule is CC.Cc1ccc(C(C)C)cc1/C=N\N. The monoisotopic (exact) mass is 206 g/mol. The average Bonchev–Trinajstić information content (AvgIpc) is 2.24. The highest BCUT2D eigenvalue weighted by Gasteiger charge is 2.01. The van der Waals surface area contributed by atoms with Gasteiger partial charge in [-0.2, -0.15) is 5.10 Å². The Bertz CT molecular complexity index is 314. The summed E-state index contributed by atoms with van der Waals surface area (Å²) >= 11 is 0. The smallest absolute Gasteiger partial charge is 0.0540 e. The molecule has 0 aromatic heterocycles. The van der Waals surface area contributed by atoms with Crippen LogP contribution in [-0.2, 0) is 0 Å². The molecule has 0 fully saturated rings. The fourth-order valence-electron chi connectivity index (χ4n) is 1.24. The Labute approximate surface area is 93.2 Å². The highest BCUT2D eigenvalue weighted by Crippen LogP contribution is 2.17. The summed E-state index contributed by atoms with van der Waals surface area (Å²) in [6.45, 7) is 10.4. The van der Waals surface area contributed by atoms with Gasteiger partial charge in [-0.05, 0) is 35.6 Å². The van der Waals surface area contributed by atoms with Gasteiger partial charge in [-0.1, -0.05) is 39.8 Å². The average molecular weight is 206 g/mol. The molecule has 2 N–H and O–H groups in total. The van der Waals surface area contributed by atoms with Gasteiger partial charge in [0.15, 0.2) is 0 Å². The second-order valence-electron chi connectivity index (χ2n) is 3.55. The maximum Gasteiger partial charge on any atom is 0.0540 e. The van der Waals surface area contributed by atoms with E-state index < -0.39 is 0 Å². The van der Waals surface area contributed by atoms with Gasteiger partial charge in [-0.25, -0.2) is 0 Å². The van der Waals surface area contributed by atoms with Crippen LogP contribution in [0.15, 0.2) is 23.3 Å². The molecule has 0 aliphatic carbocycles. The van der Waals surface area contributed by atoms with Gasteiger partial charge in [0, 0.05) is 0 Å². The Hall–Kier alpha value is -1.31. The van der Waals surface area contributed by atoms with E-state index in [0.29, 0.717) is 5.92 Å². The molecule has 0 unspecified atom stereocenters. The fraction of sp³-hybridized carbons (Fsp3) is 0.462. The number of nitrogens with zero attached hydrogens (tertiary/aromatic N) is 1. The van der Waals surface area contributed by atoms with Gasteiger partial charge in [-0.15, -0.1) is 0 Å². The number of nitrogens with two attached hydrogens (primary N) is 1. The molecule has 2 heteroatoms. The van der Waals surface area contributed by atoms with Crippen LogP contribution in [0, 0.1) is 6.92 Å². The van der Waals surface area contributed by atoms with Crippen molar-refractivity contribution in [3.05, 3.63) is 34.9 Å². The van der Waals surface area contributed by atoms with E-state index in [9.17, 15) is 0 Å². The van der Waals surface area contributed by atoms with Crippen molar-refractivity contribution in [3.63, 3.8) is 0 Å². The van der Waals surface area contributed by atoms with Gasteiger partial charge >= 0.3 is 0 Å². The van der Waals surface area contributed by atoms with Gasteiger partial charge in [0.1, 0.15) is 0 Å². The maximum absolute atomic E-state index is 5.13. The van der Waals surface area contributed by atoms with Crippen molar-refractivity contribution in [1.29, 1.82) is 0 Å². The topological polar surface area (TPSA) is 38.4 Å². The van der Waals surface area contributed by atoms with Crippen molar-refractivity contribution in [2.45, 2.75) is 40.5 Å². The van der Waals surface area contributed by atoms with Crippen molar-refractivity contribution in [2.24, 2.45) is 10.9 Å². The first kappa shape index (κ1) is 13.7. The molecule has 2 nitrogen and oxygen atoms in total. The molecule has 0 aliphatic rings. The summed E-state index contributed by atoms with van der Waals surface area (Å²) in [6.07, 6.45) is 1.70. The second kappa shape index (κ2) is 7.04. The maximum atomic E-state index is 5.13. The molecule has 0 spiro atoms. The Balaban J connectivity index is 0.000000921. The summed E-state index contributed by atoms with van der Waals surface area (Å²) < 4.78 is 0. The predicted molar refractivity (Wildman–Crippen MR) is 68.4 cm³/mol. The van der Waals surface area contributed by atoms with Crippen LogP contribution in [0.3, 0.4) is 0 Å². The third-order valence-corrected chi connectivity index (χ3v) is 2.18. The lowest BCUT2D eigenvalue weighted by molar-refractivity contribution is 0.865. The van der Waals surface area contributed by atoms with Crippen LogP contribution < -0.4 is 5.84 Å². The highest BCUT2D eigenvalue weighted by molar-refractivity contribution is 5.81. The number of aryl methyl sites for hydroxylation is 1. The van der Waals surface area contributed by atoms with Gasteiger partial charge < -0.3 is 5.84 Å². The second-order valence-corrected chi connectivity index (χ2v) is 3.55. The van der Waals surface area contributed by atoms with E-state index in [2.05, 4.69) is 44.1 Å². The molecular formula is C13H22N2. The minimum Gasteiger partial charge on any atom is -0.323 e. The normalized spacial score (nSPS) is 10.3. The van der Waals surface area contributed by atoms with Crippen molar-refractivity contribution in [2.75, 3.05) is 0 Å². The zero-order valence-corrected chi connectivity index (χ0v) is 10.4. The molecule has 0 heterocycles. The lowest BCUT2D eigenvalue weighted by atomic mass is 9.98. The molecule has 0 amide bonds. The van der Waals surface area contributed by atoms with Crippen molar-refractivity contribution in [1.82, 2.24) is 0 Å². The molecule has 0 bridgehead atoms. The summed E-state index contributed by atoms with van der Waals surface area (Å²) in [4.78, 5) is 0. The highest BCUT2D eigenvalue weighted by atomic mass is 15.1. The molecule has 1 aromatic carbocycles. The third-order valence-electron chi connectivity index (χ3n) is 2.18. The predicted octanol–water partition coefficient (Wildman–Crippen LogP) is 3.44. The number of rotatable bonds is 2. The van der Waals surface area contributed by atoms with Crippen LogP contribution in [0.2, 0.25) is 0 Å². The van der Waals surface area contributed by atoms with Crippen LogP contribution >= 0.6 is 0 Å². The van der Waals surface area contributed by atoms with Crippen LogP contribution in [0.5, 0.6) is 0 Å². The van der Waals surface area contributed by atoms with Crippen molar-refractivity contribution in [3.8, 4) is 0 Å². The van der Waals surface area contributed by atoms with Crippen molar-refractivity contribution < 1.29 is 0 Å². The standard InChI is InChI=1S/C11H16N2.C2H6/c1-8(2)10-5-4-9(3)11(6-10)7-13-12;1-2/h4-8H,12H2,1-3H3;1-2H3/b13-7-;. The molecule has 0 aliphatic heterocycles. The number of hydrogen-bond donors (Lipinski definition) is 1. The first-order chi connectivity index (χ1) is 7.15. The third kappa shape index (κ3) is 4.15. The first-order valence-corrected chi connectivity index (χ1v) is 5.49. The zero-order valence-electron chi connectivity index (χ0n) is 10.4. The number of hydrazone groups is 1. The van der Waals surface area contributed by atoms with E-state index in [-0.39, 0.29) is 0 Å². The van der Waals surface area contributed by atoms with Crippen LogP contribution in [0.4, 0.5) is 0 Å². The quantitative estimate of drug-likeness (QED) is 0.449. The van der Waals surface area contributed by atoms with E-state index in [1.165, 1.54) is 11.1 Å². The number of hydrogen-bond acceptors (Lipinski definition) is 2. The molecule has 0 saturated heterocycles. The summed E-state index contributed by atoms with van der Waals surface area (Å²) in [6, 6.07) is 6.39. The Kier molecular flexibility index (Phi) is 6.43. The minimum atomic E-state index is 0.547. The first-order valence-electron chi connectivity index (χ1n) is 5.49. The van der Waals surface area contributed by atoms with Gasteiger partial charge in [0.25, 0.3) is 0 Å². The van der Waals surface area contributed by atoms with E-state index in [0.717, 1.165) is 5.56 Å². The Morgan fingerprint density at radius 2 is 1.87 bits per heavy atom. The zero-order chi connectivity index (χ0) is 11.8. The fourth-order valence-corrected chi connectivity index (χ4v) is 1.24. The van der Waals surface area contributed by atoms with E-state index >= 15 is 0 Å². The molecule has 1 aromatic rings. The summed E-state index contributed by atoms with van der Waals surface area (Å²) in [5.74, 6) is 5.67. The van der Waals surface area contributed by atoms with Crippen LogP contribution in [0.1, 0.15) is 50.3 Å². The molecule has 15 heavy (non-hydrogen) atoms. The van der Waals surface area contributed by atoms with Gasteiger partial charge in [0.05, 0.1) is 6.21 Å². The minimum absolute atomic E-state index is 0.547. The lowest BCUT2D eigenvalue weighted by Crippen LogP contribution is -1.94. The largest absolute Gasteiger partial charge is 0.323 e. The molecular weight excluding hydrogens is 184 g/mol. The summed E-state index contributed by atoms with van der Waals surface area (Å²) in [7, 11) is 0. The molecule has 0 atom stereocenters. The van der Waals surface area contributed by atoms with Crippen molar-refractivity contribution >= 4 is 6.21 Å². The molecule has 0 radical (unpaired) electrons. The Morgan fingerprint density at radius 1 is 1.27 bits per heavy atom. The summed E-state index contributed by atoms with van der Waals surface area (Å²) in [5.41, 5.74) is 3.63. The molecule has 84 valence electrons. The van der Waals surface area contributed by atoms with Gasteiger partial charge in [0.2, 0.25) is 0 Å². The van der Waals surface area contributed by atoms with Gasteiger partial charge in [-0.3, -0.25) is 0 Å². The Morgan fingerprint density at radius 3 is 2.33 bits per heavy atom. The lowest BCUT2D eigenvalue weighted by Gasteiger charge is -2.07. The van der Waals surface area contributed by atoms with E-state index in [1.54, 1.807) is 6.21 Å². The molecule has 1 rings (SSSR count). The summed E-state index contributed by atoms with van der Waals surface area (Å²) in [5, 5.41) is 3.54.